The summed E-state index contributed by atoms with van der Waals surface area (Å²) in [4.78, 5) is 21.4. The molecule has 1 rings (SSSR count). The number of nitro groups is 1. The molecule has 0 aromatic heterocycles. The summed E-state index contributed by atoms with van der Waals surface area (Å²) in [5.74, 6) is -0.386. The van der Waals surface area contributed by atoms with Gasteiger partial charge >= 0.3 is 5.97 Å². The predicted molar refractivity (Wildman–Crippen MR) is 68.4 cm³/mol. The van der Waals surface area contributed by atoms with Crippen LogP contribution in [0.4, 0.5) is 5.69 Å². The molecule has 1 aromatic rings. The Morgan fingerprint density at radius 1 is 1.56 bits per heavy atom. The molecule has 96 valence electrons. The maximum absolute atomic E-state index is 11.1. The largest absolute Gasteiger partial charge is 0.466 e. The van der Waals surface area contributed by atoms with E-state index in [9.17, 15) is 14.9 Å². The third-order valence-electron chi connectivity index (χ3n) is 2.10. The van der Waals surface area contributed by atoms with Gasteiger partial charge < -0.3 is 4.74 Å². The number of ether oxygens (including phenoxy) is 1. The molecule has 0 saturated heterocycles. The molecule has 0 bridgehead atoms. The molecule has 0 radical (unpaired) electrons. The maximum Gasteiger partial charge on any atom is 0.309 e. The average Bonchev–Trinajstić information content (AvgIpc) is 2.31. The second kappa shape index (κ2) is 6.76. The van der Waals surface area contributed by atoms with Gasteiger partial charge in [0.1, 0.15) is 0 Å². The third kappa shape index (κ3) is 3.85. The summed E-state index contributed by atoms with van der Waals surface area (Å²) < 4.78 is 4.73. The number of esters is 1. The molecule has 0 amide bonds. The lowest BCUT2D eigenvalue weighted by atomic mass is 10.1. The van der Waals surface area contributed by atoms with Crippen LogP contribution in [0.5, 0.6) is 0 Å². The Kier molecular flexibility index (Phi) is 5.32. The zero-order valence-electron chi connectivity index (χ0n) is 9.76. The molecular weight excluding hydrogens is 258 g/mol. The number of nitrogens with zero attached hydrogens (tertiary/aromatic N) is 1. The van der Waals surface area contributed by atoms with E-state index in [0.29, 0.717) is 6.61 Å². The average molecular weight is 270 g/mol. The quantitative estimate of drug-likeness (QED) is 0.467. The van der Waals surface area contributed by atoms with Gasteiger partial charge in [-0.2, -0.15) is 0 Å². The number of nitro benzene ring substituents is 1. The Bertz CT molecular complexity index is 485. The molecule has 0 aliphatic carbocycles. The third-order valence-corrected chi connectivity index (χ3v) is 2.43. The van der Waals surface area contributed by atoms with Gasteiger partial charge in [-0.1, -0.05) is 23.7 Å². The smallest absolute Gasteiger partial charge is 0.309 e. The van der Waals surface area contributed by atoms with Gasteiger partial charge in [0, 0.05) is 6.07 Å². The molecule has 1 aromatic carbocycles. The van der Waals surface area contributed by atoms with E-state index < -0.39 is 4.92 Å². The molecule has 0 N–H and O–H groups in total. The van der Waals surface area contributed by atoms with Crippen LogP contribution in [0.15, 0.2) is 24.3 Å². The summed E-state index contributed by atoms with van der Waals surface area (Å²) >= 11 is 5.88. The minimum atomic E-state index is -0.518. The van der Waals surface area contributed by atoms with Crippen molar-refractivity contribution in [2.75, 3.05) is 6.61 Å². The molecule has 18 heavy (non-hydrogen) atoms. The molecule has 0 aliphatic heterocycles. The highest BCUT2D eigenvalue weighted by Gasteiger charge is 2.13. The Balaban J connectivity index is 2.86. The highest BCUT2D eigenvalue weighted by atomic mass is 35.5. The molecule has 0 spiro atoms. The number of halogens is 1. The van der Waals surface area contributed by atoms with E-state index in [4.69, 9.17) is 16.3 Å². The normalized spacial score (nSPS) is 10.6. The summed E-state index contributed by atoms with van der Waals surface area (Å²) in [5.41, 5.74) is 0.191. The van der Waals surface area contributed by atoms with E-state index in [1.807, 2.05) is 0 Å². The van der Waals surface area contributed by atoms with Gasteiger partial charge in [-0.3, -0.25) is 14.9 Å². The fourth-order valence-electron chi connectivity index (χ4n) is 1.34. The van der Waals surface area contributed by atoms with Crippen LogP contribution >= 0.6 is 11.6 Å². The summed E-state index contributed by atoms with van der Waals surface area (Å²) in [6, 6.07) is 4.41. The first-order valence-electron chi connectivity index (χ1n) is 5.31. The van der Waals surface area contributed by atoms with E-state index >= 15 is 0 Å². The van der Waals surface area contributed by atoms with Gasteiger partial charge in [-0.15, -0.1) is 0 Å². The Labute approximate surface area is 109 Å². The number of carbonyl (C=O) groups excluding carboxylic acids is 1. The number of benzene rings is 1. The summed E-state index contributed by atoms with van der Waals surface area (Å²) in [7, 11) is 0. The van der Waals surface area contributed by atoms with Crippen molar-refractivity contribution in [2.45, 2.75) is 13.3 Å². The van der Waals surface area contributed by atoms with Crippen LogP contribution in [0.1, 0.15) is 18.9 Å². The summed E-state index contributed by atoms with van der Waals surface area (Å²) in [5, 5.41) is 11.1. The highest BCUT2D eigenvalue weighted by molar-refractivity contribution is 6.32. The topological polar surface area (TPSA) is 69.4 Å². The van der Waals surface area contributed by atoms with Crippen LogP contribution in [0.2, 0.25) is 5.02 Å². The van der Waals surface area contributed by atoms with Crippen LogP contribution in [0.3, 0.4) is 0 Å². The highest BCUT2D eigenvalue weighted by Crippen LogP contribution is 2.27. The monoisotopic (exact) mass is 269 g/mol. The van der Waals surface area contributed by atoms with Crippen molar-refractivity contribution >= 4 is 29.3 Å². The first-order valence-corrected chi connectivity index (χ1v) is 5.69. The van der Waals surface area contributed by atoms with Crippen molar-refractivity contribution in [1.82, 2.24) is 0 Å². The SMILES string of the molecule is CCOC(=O)CC=Cc1c(Cl)cccc1[N+](=O)[O-]. The molecular formula is C12H12ClNO4. The molecule has 0 heterocycles. The standard InChI is InChI=1S/C12H12ClNO4/c1-2-18-12(15)8-3-5-9-10(13)6-4-7-11(9)14(16)17/h3-7H,2,8H2,1H3. The molecule has 0 saturated carbocycles. The van der Waals surface area contributed by atoms with Crippen LogP contribution < -0.4 is 0 Å². The van der Waals surface area contributed by atoms with Crippen molar-refractivity contribution in [1.29, 1.82) is 0 Å². The molecule has 0 atom stereocenters. The molecule has 5 nitrogen and oxygen atoms in total. The maximum atomic E-state index is 11.1. The van der Waals surface area contributed by atoms with Crippen molar-refractivity contribution in [3.8, 4) is 0 Å². The molecule has 6 heteroatoms. The lowest BCUT2D eigenvalue weighted by molar-refractivity contribution is -0.385. The van der Waals surface area contributed by atoms with E-state index in [-0.39, 0.29) is 28.7 Å². The molecule has 0 aliphatic rings. The van der Waals surface area contributed by atoms with Gasteiger partial charge in [0.05, 0.1) is 28.5 Å². The minimum Gasteiger partial charge on any atom is -0.466 e. The lowest BCUT2D eigenvalue weighted by Gasteiger charge is -2.00. The van der Waals surface area contributed by atoms with Crippen LogP contribution in [-0.2, 0) is 9.53 Å². The summed E-state index contributed by atoms with van der Waals surface area (Å²) in [6.07, 6.45) is 3.00. The predicted octanol–water partition coefficient (Wildman–Crippen LogP) is 3.21. The Morgan fingerprint density at radius 2 is 2.28 bits per heavy atom. The van der Waals surface area contributed by atoms with Gasteiger partial charge in [-0.25, -0.2) is 0 Å². The van der Waals surface area contributed by atoms with Gasteiger partial charge in [0.2, 0.25) is 0 Å². The van der Waals surface area contributed by atoms with E-state index in [1.54, 1.807) is 13.0 Å². The minimum absolute atomic E-state index is 0.0518. The number of hydrogen-bond acceptors (Lipinski definition) is 4. The first kappa shape index (κ1) is 14.2. The fraction of sp³-hybridized carbons (Fsp3) is 0.250. The van der Waals surface area contributed by atoms with Crippen molar-refractivity contribution in [3.63, 3.8) is 0 Å². The Hall–Kier alpha value is -1.88. The van der Waals surface area contributed by atoms with Crippen molar-refractivity contribution in [3.05, 3.63) is 45.0 Å². The van der Waals surface area contributed by atoms with Crippen LogP contribution in [-0.4, -0.2) is 17.5 Å². The molecule has 0 unspecified atom stereocenters. The second-order valence-electron chi connectivity index (χ2n) is 3.34. The van der Waals surface area contributed by atoms with Crippen molar-refractivity contribution < 1.29 is 14.5 Å². The molecule has 0 fully saturated rings. The van der Waals surface area contributed by atoms with Gasteiger partial charge in [0.25, 0.3) is 5.69 Å². The number of carbonyl (C=O) groups is 1. The lowest BCUT2D eigenvalue weighted by Crippen LogP contribution is -2.01. The number of rotatable bonds is 5. The van der Waals surface area contributed by atoms with E-state index in [2.05, 4.69) is 0 Å². The van der Waals surface area contributed by atoms with Gasteiger partial charge in [0.15, 0.2) is 0 Å². The zero-order valence-corrected chi connectivity index (χ0v) is 10.5. The number of hydrogen-bond donors (Lipinski definition) is 0. The first-order chi connectivity index (χ1) is 8.56. The van der Waals surface area contributed by atoms with Crippen LogP contribution in [0, 0.1) is 10.1 Å². The van der Waals surface area contributed by atoms with E-state index in [1.165, 1.54) is 24.3 Å². The van der Waals surface area contributed by atoms with Gasteiger partial charge in [-0.05, 0) is 19.1 Å². The van der Waals surface area contributed by atoms with Crippen molar-refractivity contribution in [2.24, 2.45) is 0 Å². The summed E-state index contributed by atoms with van der Waals surface area (Å²) in [6.45, 7) is 2.01. The van der Waals surface area contributed by atoms with E-state index in [0.717, 1.165) is 0 Å². The Morgan fingerprint density at radius 3 is 2.89 bits per heavy atom. The van der Waals surface area contributed by atoms with Crippen LogP contribution in [0.25, 0.3) is 6.08 Å². The fourth-order valence-corrected chi connectivity index (χ4v) is 1.58. The second-order valence-corrected chi connectivity index (χ2v) is 3.75. The zero-order chi connectivity index (χ0) is 13.5.